The largest absolute Gasteiger partial charge is 0.352 e. The van der Waals surface area contributed by atoms with Crippen molar-refractivity contribution in [3.05, 3.63) is 0 Å². The van der Waals surface area contributed by atoms with E-state index in [0.717, 1.165) is 19.4 Å². The molecule has 1 atom stereocenters. The summed E-state index contributed by atoms with van der Waals surface area (Å²) >= 11 is 0. The van der Waals surface area contributed by atoms with Crippen molar-refractivity contribution < 1.29 is 9.59 Å². The lowest BCUT2D eigenvalue weighted by Crippen LogP contribution is -2.50. The number of carbonyl (C=O) groups excluding carboxylic acids is 2. The molecule has 4 nitrogen and oxygen atoms in total. The molecule has 0 aliphatic carbocycles. The molecule has 15 heavy (non-hydrogen) atoms. The third kappa shape index (κ3) is 3.53. The van der Waals surface area contributed by atoms with Crippen molar-refractivity contribution in [3.63, 3.8) is 0 Å². The fourth-order valence-electron chi connectivity index (χ4n) is 1.95. The van der Waals surface area contributed by atoms with Gasteiger partial charge in [0.05, 0.1) is 0 Å². The van der Waals surface area contributed by atoms with Crippen molar-refractivity contribution in [2.45, 2.75) is 39.7 Å². The van der Waals surface area contributed by atoms with E-state index in [1.54, 1.807) is 0 Å². The normalized spacial score (nSPS) is 21.6. The summed E-state index contributed by atoms with van der Waals surface area (Å²) in [6, 6.07) is 0.138. The minimum absolute atomic E-state index is 0.0150. The summed E-state index contributed by atoms with van der Waals surface area (Å²) in [4.78, 5) is 24.5. The van der Waals surface area contributed by atoms with E-state index in [0.29, 0.717) is 6.54 Å². The molecule has 0 aromatic rings. The van der Waals surface area contributed by atoms with Gasteiger partial charge in [0.2, 0.25) is 11.8 Å². The molecular weight excluding hydrogens is 192 g/mol. The summed E-state index contributed by atoms with van der Waals surface area (Å²) in [7, 11) is 0. The molecule has 0 aromatic heterocycles. The van der Waals surface area contributed by atoms with E-state index in [9.17, 15) is 9.59 Å². The maximum atomic E-state index is 11.7. The van der Waals surface area contributed by atoms with Crippen LogP contribution in [-0.4, -0.2) is 35.8 Å². The zero-order valence-corrected chi connectivity index (χ0v) is 9.75. The lowest BCUT2D eigenvalue weighted by molar-refractivity contribution is -0.136. The summed E-state index contributed by atoms with van der Waals surface area (Å²) in [5.41, 5.74) is 0. The van der Waals surface area contributed by atoms with Gasteiger partial charge in [0.25, 0.3) is 0 Å². The molecule has 0 spiro atoms. The molecule has 1 rings (SSSR count). The summed E-state index contributed by atoms with van der Waals surface area (Å²) in [5, 5.41) is 2.87. The van der Waals surface area contributed by atoms with Crippen LogP contribution in [0.2, 0.25) is 0 Å². The van der Waals surface area contributed by atoms with E-state index >= 15 is 0 Å². The number of amides is 2. The average molecular weight is 212 g/mol. The van der Waals surface area contributed by atoms with Gasteiger partial charge in [-0.25, -0.2) is 0 Å². The van der Waals surface area contributed by atoms with Crippen molar-refractivity contribution in [2.24, 2.45) is 5.92 Å². The Kier molecular flexibility index (Phi) is 4.12. The van der Waals surface area contributed by atoms with E-state index in [4.69, 9.17) is 0 Å². The SMILES string of the molecule is CC(=O)NC1CCCN(C(=O)C(C)C)C1. The second-order valence-corrected chi connectivity index (χ2v) is 4.48. The minimum Gasteiger partial charge on any atom is -0.352 e. The number of hydrogen-bond donors (Lipinski definition) is 1. The standard InChI is InChI=1S/C11H20N2O2/c1-8(2)11(15)13-6-4-5-10(7-13)12-9(3)14/h8,10H,4-7H2,1-3H3,(H,12,14). The minimum atomic E-state index is -0.0150. The summed E-state index contributed by atoms with van der Waals surface area (Å²) in [6.07, 6.45) is 1.95. The summed E-state index contributed by atoms with van der Waals surface area (Å²) < 4.78 is 0. The Labute approximate surface area is 91.0 Å². The van der Waals surface area contributed by atoms with Crippen molar-refractivity contribution >= 4 is 11.8 Å². The Bertz CT molecular complexity index is 251. The molecule has 0 aromatic carbocycles. The predicted molar refractivity (Wildman–Crippen MR) is 58.3 cm³/mol. The van der Waals surface area contributed by atoms with Gasteiger partial charge in [-0.1, -0.05) is 13.8 Å². The molecule has 1 unspecified atom stereocenters. The monoisotopic (exact) mass is 212 g/mol. The number of nitrogens with zero attached hydrogens (tertiary/aromatic N) is 1. The highest BCUT2D eigenvalue weighted by atomic mass is 16.2. The lowest BCUT2D eigenvalue weighted by atomic mass is 10.0. The van der Waals surface area contributed by atoms with Gasteiger partial charge >= 0.3 is 0 Å². The maximum absolute atomic E-state index is 11.7. The lowest BCUT2D eigenvalue weighted by Gasteiger charge is -2.34. The summed E-state index contributed by atoms with van der Waals surface area (Å²) in [5.74, 6) is 0.213. The predicted octanol–water partition coefficient (Wildman–Crippen LogP) is 0.770. The molecular formula is C11H20N2O2. The first-order chi connectivity index (χ1) is 7.00. The zero-order chi connectivity index (χ0) is 11.4. The van der Waals surface area contributed by atoms with Crippen LogP contribution in [0.1, 0.15) is 33.6 Å². The Morgan fingerprint density at radius 2 is 2.07 bits per heavy atom. The molecule has 0 saturated carbocycles. The molecule has 0 radical (unpaired) electrons. The van der Waals surface area contributed by atoms with Crippen LogP contribution in [0.3, 0.4) is 0 Å². The Balaban J connectivity index is 2.48. The van der Waals surface area contributed by atoms with Crippen LogP contribution in [0.15, 0.2) is 0 Å². The van der Waals surface area contributed by atoms with Crippen molar-refractivity contribution in [1.82, 2.24) is 10.2 Å². The van der Waals surface area contributed by atoms with E-state index < -0.39 is 0 Å². The number of likely N-dealkylation sites (tertiary alicyclic amines) is 1. The van der Waals surface area contributed by atoms with Gasteiger partial charge in [-0.05, 0) is 12.8 Å². The zero-order valence-electron chi connectivity index (χ0n) is 9.75. The van der Waals surface area contributed by atoms with Crippen LogP contribution >= 0.6 is 0 Å². The molecule has 86 valence electrons. The van der Waals surface area contributed by atoms with Crippen molar-refractivity contribution in [1.29, 1.82) is 0 Å². The first-order valence-electron chi connectivity index (χ1n) is 5.56. The Morgan fingerprint density at radius 3 is 2.60 bits per heavy atom. The van der Waals surface area contributed by atoms with Gasteiger partial charge in [-0.2, -0.15) is 0 Å². The van der Waals surface area contributed by atoms with Crippen LogP contribution in [0.4, 0.5) is 0 Å². The van der Waals surface area contributed by atoms with Gasteiger partial charge in [-0.15, -0.1) is 0 Å². The second-order valence-electron chi connectivity index (χ2n) is 4.48. The number of rotatable bonds is 2. The highest BCUT2D eigenvalue weighted by Gasteiger charge is 2.25. The van der Waals surface area contributed by atoms with Crippen molar-refractivity contribution in [2.75, 3.05) is 13.1 Å². The number of hydrogen-bond acceptors (Lipinski definition) is 2. The number of piperidine rings is 1. The van der Waals surface area contributed by atoms with Gasteiger partial charge in [-0.3, -0.25) is 9.59 Å². The Hall–Kier alpha value is -1.06. The first-order valence-corrected chi connectivity index (χ1v) is 5.56. The van der Waals surface area contributed by atoms with Gasteiger partial charge in [0, 0.05) is 32.0 Å². The molecule has 2 amide bonds. The molecule has 1 aliphatic heterocycles. The van der Waals surface area contributed by atoms with Crippen molar-refractivity contribution in [3.8, 4) is 0 Å². The van der Waals surface area contributed by atoms with E-state index in [2.05, 4.69) is 5.32 Å². The molecule has 1 N–H and O–H groups in total. The molecule has 1 fully saturated rings. The second kappa shape index (κ2) is 5.14. The van der Waals surface area contributed by atoms with Crippen LogP contribution in [-0.2, 0) is 9.59 Å². The molecule has 0 bridgehead atoms. The fourth-order valence-corrected chi connectivity index (χ4v) is 1.95. The van der Waals surface area contributed by atoms with Crippen LogP contribution in [0.5, 0.6) is 0 Å². The maximum Gasteiger partial charge on any atom is 0.225 e. The topological polar surface area (TPSA) is 49.4 Å². The highest BCUT2D eigenvalue weighted by Crippen LogP contribution is 2.12. The smallest absolute Gasteiger partial charge is 0.225 e. The molecule has 1 saturated heterocycles. The third-order valence-electron chi connectivity index (χ3n) is 2.63. The van der Waals surface area contributed by atoms with Crippen LogP contribution in [0, 0.1) is 5.92 Å². The quantitative estimate of drug-likeness (QED) is 0.735. The summed E-state index contributed by atoms with van der Waals surface area (Å²) in [6.45, 7) is 6.82. The Morgan fingerprint density at radius 1 is 1.40 bits per heavy atom. The van der Waals surface area contributed by atoms with Gasteiger partial charge in [0.15, 0.2) is 0 Å². The van der Waals surface area contributed by atoms with E-state index in [-0.39, 0.29) is 23.8 Å². The average Bonchev–Trinajstić information content (AvgIpc) is 2.16. The van der Waals surface area contributed by atoms with Gasteiger partial charge < -0.3 is 10.2 Å². The number of carbonyl (C=O) groups is 2. The van der Waals surface area contributed by atoms with Gasteiger partial charge in [0.1, 0.15) is 0 Å². The molecule has 4 heteroatoms. The van der Waals surface area contributed by atoms with Crippen LogP contribution in [0.25, 0.3) is 0 Å². The van der Waals surface area contributed by atoms with E-state index in [1.807, 2.05) is 18.7 Å². The fraction of sp³-hybridized carbons (Fsp3) is 0.818. The third-order valence-corrected chi connectivity index (χ3v) is 2.63. The first kappa shape index (κ1) is 12.0. The van der Waals surface area contributed by atoms with Crippen LogP contribution < -0.4 is 5.32 Å². The van der Waals surface area contributed by atoms with E-state index in [1.165, 1.54) is 6.92 Å². The molecule has 1 aliphatic rings. The highest BCUT2D eigenvalue weighted by molar-refractivity contribution is 5.78. The molecule has 1 heterocycles. The number of nitrogens with one attached hydrogen (secondary N) is 1.